The average molecular weight is 291 g/mol. The number of amides is 2. The van der Waals surface area contributed by atoms with E-state index in [1.54, 1.807) is 29.2 Å². The zero-order valence-electron chi connectivity index (χ0n) is 11.5. The molecule has 1 fully saturated rings. The normalized spacial score (nSPS) is 25.9. The number of hydrogen-bond acceptors (Lipinski definition) is 3. The summed E-state index contributed by atoms with van der Waals surface area (Å²) in [4.78, 5) is 13.9. The molecule has 3 atom stereocenters. The Morgan fingerprint density at radius 3 is 2.65 bits per heavy atom. The van der Waals surface area contributed by atoms with Crippen LogP contribution in [0, 0.1) is 11.3 Å². The van der Waals surface area contributed by atoms with E-state index in [-0.39, 0.29) is 17.3 Å². The van der Waals surface area contributed by atoms with E-state index in [9.17, 15) is 9.00 Å². The lowest BCUT2D eigenvalue weighted by atomic mass is 10.2. The van der Waals surface area contributed by atoms with Crippen molar-refractivity contribution in [2.24, 2.45) is 0 Å². The fraction of sp³-hybridized carbons (Fsp3) is 0.429. The molecular weight excluding hydrogens is 274 g/mol. The summed E-state index contributed by atoms with van der Waals surface area (Å²) >= 11 is 0. The summed E-state index contributed by atoms with van der Waals surface area (Å²) in [5.41, 5.74) is 1.21. The molecule has 0 aromatic heterocycles. The number of carbonyl (C=O) groups is 1. The topological polar surface area (TPSA) is 73.2 Å². The fourth-order valence-corrected chi connectivity index (χ4v) is 3.50. The molecule has 5 nitrogen and oxygen atoms in total. The van der Waals surface area contributed by atoms with Gasteiger partial charge in [-0.25, -0.2) is 4.79 Å². The van der Waals surface area contributed by atoms with Gasteiger partial charge in [-0.05, 0) is 38.1 Å². The maximum Gasteiger partial charge on any atom is 0.322 e. The smallest absolute Gasteiger partial charge is 0.320 e. The number of nitriles is 1. The number of carbonyl (C=O) groups excluding carboxylic acids is 1. The van der Waals surface area contributed by atoms with Gasteiger partial charge in [0.15, 0.2) is 0 Å². The van der Waals surface area contributed by atoms with Gasteiger partial charge in [0.25, 0.3) is 0 Å². The minimum Gasteiger partial charge on any atom is -0.320 e. The molecule has 1 aliphatic heterocycles. The molecule has 0 saturated carbocycles. The Morgan fingerprint density at radius 1 is 1.40 bits per heavy atom. The summed E-state index contributed by atoms with van der Waals surface area (Å²) in [5.74, 6) is 0.520. The van der Waals surface area contributed by atoms with Crippen LogP contribution in [-0.2, 0) is 10.8 Å². The van der Waals surface area contributed by atoms with E-state index in [1.807, 2.05) is 19.9 Å². The number of nitrogens with one attached hydrogen (secondary N) is 1. The van der Waals surface area contributed by atoms with E-state index in [0.29, 0.717) is 23.5 Å². The number of benzene rings is 1. The molecule has 2 rings (SSSR count). The van der Waals surface area contributed by atoms with Crippen LogP contribution in [0.4, 0.5) is 10.5 Å². The maximum absolute atomic E-state index is 12.2. The molecule has 106 valence electrons. The third-order valence-corrected chi connectivity index (χ3v) is 5.45. The maximum atomic E-state index is 12.2. The number of nitrogens with zero attached hydrogens (tertiary/aromatic N) is 2. The molecule has 0 unspecified atom stereocenters. The highest BCUT2D eigenvalue weighted by Gasteiger charge is 2.32. The largest absolute Gasteiger partial charge is 0.322 e. The molecule has 1 aliphatic rings. The summed E-state index contributed by atoms with van der Waals surface area (Å²) in [6.45, 7) is 4.32. The zero-order chi connectivity index (χ0) is 14.7. The van der Waals surface area contributed by atoms with Crippen LogP contribution in [0.1, 0.15) is 19.4 Å². The van der Waals surface area contributed by atoms with Crippen LogP contribution in [0.15, 0.2) is 24.3 Å². The first-order valence-electron chi connectivity index (χ1n) is 6.48. The zero-order valence-corrected chi connectivity index (χ0v) is 12.3. The van der Waals surface area contributed by atoms with Crippen molar-refractivity contribution in [2.75, 3.05) is 17.6 Å². The first-order chi connectivity index (χ1) is 9.52. The Bertz CT molecular complexity index is 565. The van der Waals surface area contributed by atoms with Gasteiger partial charge < -0.3 is 10.2 Å². The van der Waals surface area contributed by atoms with Gasteiger partial charge in [0.05, 0.1) is 16.9 Å². The second-order valence-corrected chi connectivity index (χ2v) is 6.76. The predicted molar refractivity (Wildman–Crippen MR) is 78.8 cm³/mol. The van der Waals surface area contributed by atoms with Crippen LogP contribution in [-0.4, -0.2) is 38.7 Å². The Kier molecular flexibility index (Phi) is 4.40. The third-order valence-electron chi connectivity index (χ3n) is 3.65. The van der Waals surface area contributed by atoms with Crippen LogP contribution in [0.25, 0.3) is 0 Å². The summed E-state index contributed by atoms with van der Waals surface area (Å²) in [6.07, 6.45) is 0. The molecule has 1 N–H and O–H groups in total. The van der Waals surface area contributed by atoms with Crippen molar-refractivity contribution >= 4 is 22.5 Å². The average Bonchev–Trinajstić information content (AvgIpc) is 2.45. The molecule has 2 amide bonds. The molecular formula is C14H17N3O2S. The highest BCUT2D eigenvalue weighted by molar-refractivity contribution is 7.85. The summed E-state index contributed by atoms with van der Waals surface area (Å²) in [7, 11) is -0.861. The molecule has 0 radical (unpaired) electrons. The van der Waals surface area contributed by atoms with Gasteiger partial charge in [-0.2, -0.15) is 5.26 Å². The minimum absolute atomic E-state index is 0.0181. The van der Waals surface area contributed by atoms with Crippen molar-refractivity contribution in [3.05, 3.63) is 29.8 Å². The Labute approximate surface area is 121 Å². The van der Waals surface area contributed by atoms with Gasteiger partial charge in [0.1, 0.15) is 0 Å². The molecule has 1 aromatic carbocycles. The number of anilines is 1. The molecule has 0 bridgehead atoms. The van der Waals surface area contributed by atoms with Crippen molar-refractivity contribution in [1.82, 2.24) is 4.90 Å². The van der Waals surface area contributed by atoms with Crippen molar-refractivity contribution in [1.29, 1.82) is 5.26 Å². The van der Waals surface area contributed by atoms with E-state index in [1.165, 1.54) is 0 Å². The van der Waals surface area contributed by atoms with Gasteiger partial charge in [-0.1, -0.05) is 0 Å². The Morgan fingerprint density at radius 2 is 2.05 bits per heavy atom. The lowest BCUT2D eigenvalue weighted by Crippen LogP contribution is -2.53. The van der Waals surface area contributed by atoms with Gasteiger partial charge >= 0.3 is 6.03 Å². The van der Waals surface area contributed by atoms with E-state index in [4.69, 9.17) is 5.26 Å². The second kappa shape index (κ2) is 6.06. The molecule has 1 aromatic rings. The monoisotopic (exact) mass is 291 g/mol. The standard InChI is InChI=1S/C14H17N3O2S/c1-10-11(2)20(19)8-7-17(10)14(18)16-13-5-3-12(9-15)4-6-13/h3-6,10-11H,7-8H2,1-2H3,(H,16,18)/t10-,11-,20-/m1/s1. The van der Waals surface area contributed by atoms with Gasteiger partial charge in [0, 0.05) is 34.8 Å². The van der Waals surface area contributed by atoms with Crippen molar-refractivity contribution < 1.29 is 9.00 Å². The van der Waals surface area contributed by atoms with Crippen molar-refractivity contribution in [3.63, 3.8) is 0 Å². The van der Waals surface area contributed by atoms with Gasteiger partial charge in [0.2, 0.25) is 0 Å². The van der Waals surface area contributed by atoms with Crippen molar-refractivity contribution in [3.8, 4) is 6.07 Å². The summed E-state index contributed by atoms with van der Waals surface area (Å²) in [6, 6.07) is 8.51. The Hall–Kier alpha value is -1.87. The summed E-state index contributed by atoms with van der Waals surface area (Å²) < 4.78 is 11.7. The first kappa shape index (κ1) is 14.5. The van der Waals surface area contributed by atoms with Crippen LogP contribution in [0.2, 0.25) is 0 Å². The van der Waals surface area contributed by atoms with E-state index in [0.717, 1.165) is 0 Å². The van der Waals surface area contributed by atoms with Gasteiger partial charge in [-0.3, -0.25) is 4.21 Å². The Balaban J connectivity index is 2.04. The molecule has 0 aliphatic carbocycles. The molecule has 1 saturated heterocycles. The highest BCUT2D eigenvalue weighted by Crippen LogP contribution is 2.18. The number of urea groups is 1. The second-order valence-electron chi connectivity index (χ2n) is 4.84. The molecule has 6 heteroatoms. The SMILES string of the molecule is C[C@@H]1[C@@H](C)[S@](=O)CCN1C(=O)Nc1ccc(C#N)cc1. The van der Waals surface area contributed by atoms with Crippen molar-refractivity contribution in [2.45, 2.75) is 25.1 Å². The van der Waals surface area contributed by atoms with E-state index in [2.05, 4.69) is 5.32 Å². The minimum atomic E-state index is -0.861. The van der Waals surface area contributed by atoms with E-state index < -0.39 is 10.8 Å². The third kappa shape index (κ3) is 2.99. The summed E-state index contributed by atoms with van der Waals surface area (Å²) in [5, 5.41) is 11.5. The molecule has 1 heterocycles. The van der Waals surface area contributed by atoms with Crippen LogP contribution in [0.3, 0.4) is 0 Å². The highest BCUT2D eigenvalue weighted by atomic mass is 32.2. The fourth-order valence-electron chi connectivity index (χ4n) is 2.16. The lowest BCUT2D eigenvalue weighted by Gasteiger charge is -2.37. The lowest BCUT2D eigenvalue weighted by molar-refractivity contribution is 0.193. The first-order valence-corrected chi connectivity index (χ1v) is 7.86. The molecule has 0 spiro atoms. The number of hydrogen-bond donors (Lipinski definition) is 1. The number of rotatable bonds is 1. The van der Waals surface area contributed by atoms with Crippen LogP contribution >= 0.6 is 0 Å². The molecule has 20 heavy (non-hydrogen) atoms. The van der Waals surface area contributed by atoms with E-state index >= 15 is 0 Å². The predicted octanol–water partition coefficient (Wildman–Crippen LogP) is 1.93. The van der Waals surface area contributed by atoms with Gasteiger partial charge in [-0.15, -0.1) is 0 Å². The quantitative estimate of drug-likeness (QED) is 0.859. The van der Waals surface area contributed by atoms with Crippen LogP contribution < -0.4 is 5.32 Å². The van der Waals surface area contributed by atoms with Crippen LogP contribution in [0.5, 0.6) is 0 Å².